The van der Waals surface area contributed by atoms with Crippen LogP contribution in [0.4, 0.5) is 0 Å². The SMILES string of the molecule is CCCCCCCC/C=C\CCCCCCCC(=O)OC/C=C/COC(=O)CCCCCCC/C=C/CCCCCCCC. The first-order chi connectivity index (χ1) is 21.7. The van der Waals surface area contributed by atoms with Crippen molar-refractivity contribution in [3.63, 3.8) is 0 Å². The quantitative estimate of drug-likeness (QED) is 0.0410. The van der Waals surface area contributed by atoms with Crippen LogP contribution in [0.2, 0.25) is 0 Å². The Morgan fingerprint density at radius 1 is 0.364 bits per heavy atom. The maximum Gasteiger partial charge on any atom is 0.306 e. The van der Waals surface area contributed by atoms with Crippen LogP contribution in [0.15, 0.2) is 36.5 Å². The molecular formula is C40H72O4. The summed E-state index contributed by atoms with van der Waals surface area (Å²) in [7, 11) is 0. The van der Waals surface area contributed by atoms with Crippen molar-refractivity contribution >= 4 is 11.9 Å². The second kappa shape index (κ2) is 37.3. The summed E-state index contributed by atoms with van der Waals surface area (Å²) in [6, 6.07) is 0. The third kappa shape index (κ3) is 36.4. The summed E-state index contributed by atoms with van der Waals surface area (Å²) >= 11 is 0. The molecule has 0 aliphatic carbocycles. The smallest absolute Gasteiger partial charge is 0.306 e. The van der Waals surface area contributed by atoms with Gasteiger partial charge in [-0.2, -0.15) is 0 Å². The van der Waals surface area contributed by atoms with E-state index < -0.39 is 0 Å². The minimum absolute atomic E-state index is 0.145. The van der Waals surface area contributed by atoms with Gasteiger partial charge >= 0.3 is 11.9 Å². The number of hydrogen-bond donors (Lipinski definition) is 0. The summed E-state index contributed by atoms with van der Waals surface area (Å²) in [5.41, 5.74) is 0. The fraction of sp³-hybridized carbons (Fsp3) is 0.800. The number of hydrogen-bond acceptors (Lipinski definition) is 4. The van der Waals surface area contributed by atoms with E-state index in [1.54, 1.807) is 12.2 Å². The van der Waals surface area contributed by atoms with E-state index in [2.05, 4.69) is 38.2 Å². The van der Waals surface area contributed by atoms with Gasteiger partial charge in [-0.15, -0.1) is 0 Å². The lowest BCUT2D eigenvalue weighted by molar-refractivity contribution is -0.143. The largest absolute Gasteiger partial charge is 0.461 e. The van der Waals surface area contributed by atoms with Gasteiger partial charge in [-0.25, -0.2) is 0 Å². The molecule has 0 spiro atoms. The summed E-state index contributed by atoms with van der Waals surface area (Å²) in [5.74, 6) is -0.290. The first kappa shape index (κ1) is 42.2. The number of esters is 2. The van der Waals surface area contributed by atoms with E-state index >= 15 is 0 Å². The van der Waals surface area contributed by atoms with Crippen LogP contribution in [-0.2, 0) is 19.1 Å². The molecule has 0 N–H and O–H groups in total. The molecule has 0 aromatic rings. The molecule has 0 amide bonds. The summed E-state index contributed by atoms with van der Waals surface area (Å²) in [6.45, 7) is 5.02. The molecule has 0 radical (unpaired) electrons. The Kier molecular flexibility index (Phi) is 35.8. The minimum atomic E-state index is -0.145. The monoisotopic (exact) mass is 617 g/mol. The Morgan fingerprint density at radius 3 is 0.955 bits per heavy atom. The molecule has 0 aliphatic rings. The van der Waals surface area contributed by atoms with E-state index in [0.29, 0.717) is 12.8 Å². The van der Waals surface area contributed by atoms with Gasteiger partial charge in [0.05, 0.1) is 0 Å². The van der Waals surface area contributed by atoms with E-state index in [1.165, 1.54) is 141 Å². The van der Waals surface area contributed by atoms with Crippen molar-refractivity contribution in [2.45, 2.75) is 194 Å². The van der Waals surface area contributed by atoms with Gasteiger partial charge in [0.2, 0.25) is 0 Å². The Balaban J connectivity index is 3.39. The number of ether oxygens (including phenoxy) is 2. The molecule has 4 nitrogen and oxygen atoms in total. The normalized spacial score (nSPS) is 11.8. The van der Waals surface area contributed by atoms with Gasteiger partial charge in [0.25, 0.3) is 0 Å². The number of carbonyl (C=O) groups excluding carboxylic acids is 2. The van der Waals surface area contributed by atoms with Gasteiger partial charge in [-0.3, -0.25) is 9.59 Å². The van der Waals surface area contributed by atoms with Crippen LogP contribution < -0.4 is 0 Å². The van der Waals surface area contributed by atoms with Gasteiger partial charge in [-0.05, 0) is 76.4 Å². The standard InChI is InChI=1S/C40H72O4/c1-3-5-7-9-11-13-15-17-19-21-23-25-27-29-31-35-39(41)43-37-33-34-38-44-40(42)36-32-30-28-26-24-22-20-18-16-14-12-10-8-6-4-2/h17-20,33-34H,3-16,21-32,35-38H2,1-2H3/b19-17-,20-18+,34-33+. The first-order valence-corrected chi connectivity index (χ1v) is 19.0. The molecule has 0 fully saturated rings. The average molecular weight is 617 g/mol. The molecule has 0 aromatic carbocycles. The summed E-state index contributed by atoms with van der Waals surface area (Å²) in [4.78, 5) is 23.8. The van der Waals surface area contributed by atoms with Crippen LogP contribution in [-0.4, -0.2) is 25.2 Å². The molecule has 256 valence electrons. The molecule has 0 rings (SSSR count). The van der Waals surface area contributed by atoms with Crippen LogP contribution >= 0.6 is 0 Å². The maximum atomic E-state index is 11.9. The average Bonchev–Trinajstić information content (AvgIpc) is 3.02. The molecule has 0 saturated carbocycles. The third-order valence-electron chi connectivity index (χ3n) is 8.13. The fourth-order valence-electron chi connectivity index (χ4n) is 5.24. The summed E-state index contributed by atoms with van der Waals surface area (Å²) in [5, 5.41) is 0. The van der Waals surface area contributed by atoms with Gasteiger partial charge in [0.15, 0.2) is 0 Å². The summed E-state index contributed by atoms with van der Waals surface area (Å²) in [6.07, 6.45) is 46.3. The molecule has 0 saturated heterocycles. The molecule has 0 aliphatic heterocycles. The number of unbranched alkanes of at least 4 members (excludes halogenated alkanes) is 22. The van der Waals surface area contributed by atoms with Crippen molar-refractivity contribution < 1.29 is 19.1 Å². The Labute approximate surface area is 273 Å². The lowest BCUT2D eigenvalue weighted by Gasteiger charge is -2.03. The van der Waals surface area contributed by atoms with Crippen LogP contribution in [0.1, 0.15) is 194 Å². The Morgan fingerprint density at radius 2 is 0.636 bits per heavy atom. The molecule has 0 atom stereocenters. The molecule has 0 heterocycles. The zero-order chi connectivity index (χ0) is 32.0. The Bertz CT molecular complexity index is 635. The number of carbonyl (C=O) groups is 2. The zero-order valence-electron chi connectivity index (χ0n) is 29.3. The van der Waals surface area contributed by atoms with Gasteiger partial charge in [0, 0.05) is 12.8 Å². The highest BCUT2D eigenvalue weighted by atomic mass is 16.5. The van der Waals surface area contributed by atoms with E-state index in [0.717, 1.165) is 25.7 Å². The van der Waals surface area contributed by atoms with E-state index in [1.807, 2.05) is 0 Å². The van der Waals surface area contributed by atoms with E-state index in [4.69, 9.17) is 9.47 Å². The van der Waals surface area contributed by atoms with E-state index in [-0.39, 0.29) is 25.2 Å². The summed E-state index contributed by atoms with van der Waals surface area (Å²) < 4.78 is 10.5. The predicted octanol–water partition coefficient (Wildman–Crippen LogP) is 12.7. The van der Waals surface area contributed by atoms with Crippen LogP contribution in [0, 0.1) is 0 Å². The highest BCUT2D eigenvalue weighted by Crippen LogP contribution is 2.12. The van der Waals surface area contributed by atoms with Crippen LogP contribution in [0.25, 0.3) is 0 Å². The molecular weight excluding hydrogens is 544 g/mol. The zero-order valence-corrected chi connectivity index (χ0v) is 29.3. The predicted molar refractivity (Wildman–Crippen MR) is 190 cm³/mol. The number of allylic oxidation sites excluding steroid dienone is 4. The molecule has 44 heavy (non-hydrogen) atoms. The lowest BCUT2D eigenvalue weighted by atomic mass is 10.1. The van der Waals surface area contributed by atoms with E-state index in [9.17, 15) is 9.59 Å². The Hall–Kier alpha value is -1.84. The van der Waals surface area contributed by atoms with Crippen molar-refractivity contribution in [1.29, 1.82) is 0 Å². The lowest BCUT2D eigenvalue weighted by Crippen LogP contribution is -2.05. The van der Waals surface area contributed by atoms with Crippen molar-refractivity contribution in [1.82, 2.24) is 0 Å². The molecule has 0 bridgehead atoms. The molecule has 0 unspecified atom stereocenters. The number of rotatable bonds is 34. The highest BCUT2D eigenvalue weighted by Gasteiger charge is 2.03. The van der Waals surface area contributed by atoms with Crippen LogP contribution in [0.5, 0.6) is 0 Å². The highest BCUT2D eigenvalue weighted by molar-refractivity contribution is 5.69. The maximum absolute atomic E-state index is 11.9. The minimum Gasteiger partial charge on any atom is -0.461 e. The third-order valence-corrected chi connectivity index (χ3v) is 8.13. The van der Waals surface area contributed by atoms with Crippen molar-refractivity contribution in [3.05, 3.63) is 36.5 Å². The van der Waals surface area contributed by atoms with Crippen molar-refractivity contribution in [2.75, 3.05) is 13.2 Å². The molecule has 0 aromatic heterocycles. The van der Waals surface area contributed by atoms with Gasteiger partial charge in [0.1, 0.15) is 13.2 Å². The second-order valence-electron chi connectivity index (χ2n) is 12.5. The second-order valence-corrected chi connectivity index (χ2v) is 12.5. The fourth-order valence-corrected chi connectivity index (χ4v) is 5.24. The van der Waals surface area contributed by atoms with Crippen molar-refractivity contribution in [3.8, 4) is 0 Å². The topological polar surface area (TPSA) is 52.6 Å². The van der Waals surface area contributed by atoms with Crippen LogP contribution in [0.3, 0.4) is 0 Å². The van der Waals surface area contributed by atoms with Gasteiger partial charge in [-0.1, -0.05) is 141 Å². The molecule has 4 heteroatoms. The first-order valence-electron chi connectivity index (χ1n) is 19.0. The van der Waals surface area contributed by atoms with Gasteiger partial charge < -0.3 is 9.47 Å². The van der Waals surface area contributed by atoms with Crippen molar-refractivity contribution in [2.24, 2.45) is 0 Å².